The molecule has 1 heterocycles. The second-order valence-corrected chi connectivity index (χ2v) is 3.58. The summed E-state index contributed by atoms with van der Waals surface area (Å²) in [5, 5.41) is 1.98. The van der Waals surface area contributed by atoms with Crippen LogP contribution in [0.2, 0.25) is 0 Å². The van der Waals surface area contributed by atoms with E-state index in [0.29, 0.717) is 6.42 Å². The van der Waals surface area contributed by atoms with Gasteiger partial charge in [-0.1, -0.05) is 6.07 Å². The number of amides is 1. The van der Waals surface area contributed by atoms with Gasteiger partial charge in [0.05, 0.1) is 6.42 Å². The summed E-state index contributed by atoms with van der Waals surface area (Å²) in [6.45, 7) is 0. The van der Waals surface area contributed by atoms with Crippen molar-refractivity contribution in [3.8, 4) is 0 Å². The zero-order valence-corrected chi connectivity index (χ0v) is 7.52. The molecule has 1 aromatic heterocycles. The first kappa shape index (κ1) is 8.27. The summed E-state index contributed by atoms with van der Waals surface area (Å²) in [5.41, 5.74) is 0. The van der Waals surface area contributed by atoms with Crippen LogP contribution in [0.15, 0.2) is 17.5 Å². The maximum Gasteiger partial charge on any atom is 0.227 e. The average molecular weight is 169 g/mol. The van der Waals surface area contributed by atoms with Gasteiger partial charge in [-0.3, -0.25) is 4.79 Å². The van der Waals surface area contributed by atoms with Gasteiger partial charge in [-0.05, 0) is 11.4 Å². The highest BCUT2D eigenvalue weighted by Crippen LogP contribution is 2.09. The predicted octanol–water partition coefficient (Wildman–Crippen LogP) is 1.38. The Hall–Kier alpha value is -0.830. The molecule has 11 heavy (non-hydrogen) atoms. The number of hydrogen-bond donors (Lipinski definition) is 0. The van der Waals surface area contributed by atoms with E-state index in [1.54, 1.807) is 30.3 Å². The number of thiophene rings is 1. The fraction of sp³-hybridized carbons (Fsp3) is 0.375. The Morgan fingerprint density at radius 2 is 2.36 bits per heavy atom. The molecule has 2 nitrogen and oxygen atoms in total. The summed E-state index contributed by atoms with van der Waals surface area (Å²) in [6, 6.07) is 3.94. The molecule has 0 saturated heterocycles. The maximum atomic E-state index is 11.1. The van der Waals surface area contributed by atoms with Gasteiger partial charge >= 0.3 is 0 Å². The molecule has 0 fully saturated rings. The standard InChI is InChI=1S/C8H11NOS/c1-9(2)8(10)6-7-4-3-5-11-7/h3-5H,6H2,1-2H3. The van der Waals surface area contributed by atoms with Gasteiger partial charge in [0.15, 0.2) is 0 Å². The van der Waals surface area contributed by atoms with Gasteiger partial charge in [0, 0.05) is 19.0 Å². The van der Waals surface area contributed by atoms with E-state index in [-0.39, 0.29) is 5.91 Å². The average Bonchev–Trinajstić information content (AvgIpc) is 2.39. The van der Waals surface area contributed by atoms with E-state index in [1.165, 1.54) is 0 Å². The van der Waals surface area contributed by atoms with Crippen molar-refractivity contribution in [1.29, 1.82) is 0 Å². The van der Waals surface area contributed by atoms with Gasteiger partial charge < -0.3 is 4.90 Å². The molecular formula is C8H11NOS. The smallest absolute Gasteiger partial charge is 0.227 e. The Labute approximate surface area is 70.5 Å². The van der Waals surface area contributed by atoms with Crippen molar-refractivity contribution in [2.24, 2.45) is 0 Å². The number of hydrogen-bond acceptors (Lipinski definition) is 2. The first-order valence-corrected chi connectivity index (χ1v) is 4.30. The molecule has 0 spiro atoms. The summed E-state index contributed by atoms with van der Waals surface area (Å²) >= 11 is 1.62. The van der Waals surface area contributed by atoms with Crippen LogP contribution in [0.25, 0.3) is 0 Å². The Bertz CT molecular complexity index is 228. The van der Waals surface area contributed by atoms with E-state index in [4.69, 9.17) is 0 Å². The number of rotatable bonds is 2. The second-order valence-electron chi connectivity index (χ2n) is 2.54. The monoisotopic (exact) mass is 169 g/mol. The first-order valence-electron chi connectivity index (χ1n) is 3.42. The van der Waals surface area contributed by atoms with Crippen molar-refractivity contribution in [2.45, 2.75) is 6.42 Å². The van der Waals surface area contributed by atoms with E-state index in [0.717, 1.165) is 4.88 Å². The van der Waals surface area contributed by atoms with Crippen LogP contribution in [-0.4, -0.2) is 24.9 Å². The molecule has 1 amide bonds. The fourth-order valence-electron chi connectivity index (χ4n) is 0.720. The molecule has 0 aromatic carbocycles. The Balaban J connectivity index is 2.50. The van der Waals surface area contributed by atoms with Crippen molar-refractivity contribution in [1.82, 2.24) is 4.90 Å². The van der Waals surface area contributed by atoms with Crippen LogP contribution >= 0.6 is 11.3 Å². The van der Waals surface area contributed by atoms with Gasteiger partial charge in [0.25, 0.3) is 0 Å². The molecule has 0 radical (unpaired) electrons. The molecule has 0 aliphatic rings. The van der Waals surface area contributed by atoms with E-state index in [2.05, 4.69) is 0 Å². The Morgan fingerprint density at radius 3 is 2.82 bits per heavy atom. The molecule has 60 valence electrons. The minimum Gasteiger partial charge on any atom is -0.349 e. The van der Waals surface area contributed by atoms with E-state index in [1.807, 2.05) is 17.5 Å². The van der Waals surface area contributed by atoms with Crippen molar-refractivity contribution >= 4 is 17.2 Å². The summed E-state index contributed by atoms with van der Waals surface area (Å²) in [7, 11) is 3.55. The minimum absolute atomic E-state index is 0.160. The summed E-state index contributed by atoms with van der Waals surface area (Å²) < 4.78 is 0. The fourth-order valence-corrected chi connectivity index (χ4v) is 1.42. The summed E-state index contributed by atoms with van der Waals surface area (Å²) in [5.74, 6) is 0.160. The highest BCUT2D eigenvalue weighted by Gasteiger charge is 2.04. The van der Waals surface area contributed by atoms with E-state index < -0.39 is 0 Å². The van der Waals surface area contributed by atoms with Crippen LogP contribution in [-0.2, 0) is 11.2 Å². The number of carbonyl (C=O) groups is 1. The van der Waals surface area contributed by atoms with Crippen LogP contribution in [0, 0.1) is 0 Å². The number of likely N-dealkylation sites (N-methyl/N-ethyl adjacent to an activating group) is 1. The minimum atomic E-state index is 0.160. The summed E-state index contributed by atoms with van der Waals surface area (Å²) in [4.78, 5) is 13.9. The van der Waals surface area contributed by atoms with Crippen LogP contribution < -0.4 is 0 Å². The van der Waals surface area contributed by atoms with Gasteiger partial charge in [-0.2, -0.15) is 0 Å². The highest BCUT2D eigenvalue weighted by molar-refractivity contribution is 7.10. The zero-order chi connectivity index (χ0) is 8.27. The molecule has 0 saturated carbocycles. The van der Waals surface area contributed by atoms with Crippen molar-refractivity contribution in [2.75, 3.05) is 14.1 Å². The Morgan fingerprint density at radius 1 is 1.64 bits per heavy atom. The molecule has 1 aromatic rings. The molecule has 0 atom stereocenters. The van der Waals surface area contributed by atoms with Gasteiger partial charge in [0.1, 0.15) is 0 Å². The van der Waals surface area contributed by atoms with Crippen molar-refractivity contribution in [3.63, 3.8) is 0 Å². The zero-order valence-electron chi connectivity index (χ0n) is 6.70. The van der Waals surface area contributed by atoms with Crippen molar-refractivity contribution < 1.29 is 4.79 Å². The van der Waals surface area contributed by atoms with Gasteiger partial charge in [-0.15, -0.1) is 11.3 Å². The molecular weight excluding hydrogens is 158 g/mol. The lowest BCUT2D eigenvalue weighted by molar-refractivity contribution is -0.127. The van der Waals surface area contributed by atoms with Crippen LogP contribution in [0.4, 0.5) is 0 Å². The van der Waals surface area contributed by atoms with E-state index >= 15 is 0 Å². The van der Waals surface area contributed by atoms with Gasteiger partial charge in [-0.25, -0.2) is 0 Å². The lowest BCUT2D eigenvalue weighted by atomic mass is 10.3. The molecule has 0 bridgehead atoms. The largest absolute Gasteiger partial charge is 0.349 e. The van der Waals surface area contributed by atoms with Crippen LogP contribution in [0.3, 0.4) is 0 Å². The molecule has 0 aliphatic heterocycles. The number of carbonyl (C=O) groups excluding carboxylic acids is 1. The first-order chi connectivity index (χ1) is 5.20. The van der Waals surface area contributed by atoms with E-state index in [9.17, 15) is 4.79 Å². The third-order valence-electron chi connectivity index (χ3n) is 1.40. The topological polar surface area (TPSA) is 20.3 Å². The third kappa shape index (κ3) is 2.35. The third-order valence-corrected chi connectivity index (χ3v) is 2.28. The lowest BCUT2D eigenvalue weighted by Gasteiger charge is -2.07. The lowest BCUT2D eigenvalue weighted by Crippen LogP contribution is -2.22. The normalized spacial score (nSPS) is 9.64. The second kappa shape index (κ2) is 3.53. The SMILES string of the molecule is CN(C)C(=O)Cc1cccs1. The quantitative estimate of drug-likeness (QED) is 0.655. The number of nitrogens with zero attached hydrogens (tertiary/aromatic N) is 1. The maximum absolute atomic E-state index is 11.1. The van der Waals surface area contributed by atoms with Gasteiger partial charge in [0.2, 0.25) is 5.91 Å². The van der Waals surface area contributed by atoms with Crippen LogP contribution in [0.1, 0.15) is 4.88 Å². The van der Waals surface area contributed by atoms with Crippen molar-refractivity contribution in [3.05, 3.63) is 22.4 Å². The molecule has 3 heteroatoms. The Kier molecular flexibility index (Phi) is 2.65. The molecule has 0 N–H and O–H groups in total. The molecule has 0 unspecified atom stereocenters. The molecule has 1 rings (SSSR count). The molecule has 0 aliphatic carbocycles. The predicted molar refractivity (Wildman–Crippen MR) is 46.7 cm³/mol. The highest BCUT2D eigenvalue weighted by atomic mass is 32.1. The van der Waals surface area contributed by atoms with Crippen LogP contribution in [0.5, 0.6) is 0 Å². The summed E-state index contributed by atoms with van der Waals surface area (Å²) in [6.07, 6.45) is 0.532.